The number of nitrogens with zero attached hydrogens (tertiary/aromatic N) is 2. The van der Waals surface area contributed by atoms with Crippen molar-refractivity contribution >= 4 is 50.1 Å². The molecule has 0 unspecified atom stereocenters. The summed E-state index contributed by atoms with van der Waals surface area (Å²) in [5.74, 6) is 0. The third-order valence-corrected chi connectivity index (χ3v) is 4.46. The lowest BCUT2D eigenvalue weighted by Gasteiger charge is -2.11. The van der Waals surface area contributed by atoms with Gasteiger partial charge in [-0.3, -0.25) is 4.79 Å². The molecule has 0 saturated heterocycles. The predicted molar refractivity (Wildman–Crippen MR) is 93.4 cm³/mol. The minimum atomic E-state index is -0.446. The quantitative estimate of drug-likeness (QED) is 0.621. The lowest BCUT2D eigenvalue weighted by Crippen LogP contribution is -2.07. The molecule has 0 bridgehead atoms. The van der Waals surface area contributed by atoms with Crippen molar-refractivity contribution in [3.05, 3.63) is 35.5 Å². The zero-order valence-corrected chi connectivity index (χ0v) is 14.2. The van der Waals surface area contributed by atoms with Crippen LogP contribution >= 0.6 is 23.5 Å². The van der Waals surface area contributed by atoms with Crippen LogP contribution in [0.2, 0.25) is 0 Å². The largest absolute Gasteiger partial charge is 0.458 e. The first-order chi connectivity index (χ1) is 10.5. The Bertz CT molecular complexity index is 637. The maximum Gasteiger partial charge on any atom is 0.374 e. The molecule has 0 atom stereocenters. The van der Waals surface area contributed by atoms with E-state index in [0.29, 0.717) is 16.7 Å². The van der Waals surface area contributed by atoms with Gasteiger partial charge in [0.1, 0.15) is 10.1 Å². The first-order valence-electron chi connectivity index (χ1n) is 6.64. The molecule has 0 radical (unpaired) electrons. The summed E-state index contributed by atoms with van der Waals surface area (Å²) in [6.07, 6.45) is 1.72. The fourth-order valence-corrected chi connectivity index (χ4v) is 3.25. The third kappa shape index (κ3) is 4.38. The zero-order valence-electron chi connectivity index (χ0n) is 12.5. The molecule has 7 heteroatoms. The predicted octanol–water partition coefficient (Wildman–Crippen LogP) is 3.61. The molecule has 1 aliphatic rings. The van der Waals surface area contributed by atoms with Crippen LogP contribution in [-0.4, -0.2) is 35.5 Å². The highest BCUT2D eigenvalue weighted by atomic mass is 32.2. The Kier molecular flexibility index (Phi) is 5.68. The van der Waals surface area contributed by atoms with Gasteiger partial charge in [0.2, 0.25) is 5.12 Å². The first kappa shape index (κ1) is 16.6. The second-order valence-corrected chi connectivity index (χ2v) is 6.71. The molecule has 0 N–H and O–H groups in total. The molecule has 5 nitrogen and oxygen atoms in total. The van der Waals surface area contributed by atoms with Crippen molar-refractivity contribution in [1.82, 2.24) is 0 Å². The summed E-state index contributed by atoms with van der Waals surface area (Å²) < 4.78 is 5.23. The summed E-state index contributed by atoms with van der Waals surface area (Å²) in [4.78, 5) is 29.5. The van der Waals surface area contributed by atoms with E-state index in [1.807, 2.05) is 43.3 Å². The summed E-state index contributed by atoms with van der Waals surface area (Å²) >= 11 is 1.79. The summed E-state index contributed by atoms with van der Waals surface area (Å²) in [6.45, 7) is 2.04. The molecule has 0 saturated carbocycles. The fraction of sp³-hybridized carbons (Fsp3) is 0.267. The SMILES string of the molecule is CCOC(=O)SC1=N/C(=C\c2ccc(N(C)C)cc2)C(=O)S1. The second-order valence-electron chi connectivity index (χ2n) is 4.57. The second kappa shape index (κ2) is 7.51. The van der Waals surface area contributed by atoms with Crippen molar-refractivity contribution in [2.75, 3.05) is 25.6 Å². The van der Waals surface area contributed by atoms with Crippen molar-refractivity contribution in [1.29, 1.82) is 0 Å². The van der Waals surface area contributed by atoms with E-state index in [2.05, 4.69) is 4.99 Å². The lowest BCUT2D eigenvalue weighted by atomic mass is 10.1. The molecule has 1 aromatic carbocycles. The van der Waals surface area contributed by atoms with Crippen LogP contribution in [0.25, 0.3) is 6.08 Å². The van der Waals surface area contributed by atoms with Crippen LogP contribution in [0, 0.1) is 0 Å². The number of ether oxygens (including phenoxy) is 1. The van der Waals surface area contributed by atoms with E-state index in [0.717, 1.165) is 34.8 Å². The molecule has 0 fully saturated rings. The molecular weight excluding hydrogens is 320 g/mol. The molecule has 0 aliphatic carbocycles. The van der Waals surface area contributed by atoms with Crippen LogP contribution in [0.4, 0.5) is 10.5 Å². The van der Waals surface area contributed by atoms with E-state index in [-0.39, 0.29) is 5.12 Å². The Balaban J connectivity index is 2.12. The molecular formula is C15H16N2O3S2. The van der Waals surface area contributed by atoms with E-state index in [9.17, 15) is 9.59 Å². The van der Waals surface area contributed by atoms with Crippen LogP contribution < -0.4 is 4.90 Å². The molecule has 1 aromatic rings. The number of hydrogen-bond donors (Lipinski definition) is 0. The molecule has 1 heterocycles. The number of aliphatic imine (C=N–C) groups is 1. The zero-order chi connectivity index (χ0) is 16.1. The van der Waals surface area contributed by atoms with Crippen LogP contribution in [0.5, 0.6) is 0 Å². The smallest absolute Gasteiger partial charge is 0.374 e. The number of carbonyl (C=O) groups excluding carboxylic acids is 2. The van der Waals surface area contributed by atoms with Crippen molar-refractivity contribution in [3.63, 3.8) is 0 Å². The number of thioether (sulfide) groups is 2. The van der Waals surface area contributed by atoms with Crippen molar-refractivity contribution in [3.8, 4) is 0 Å². The van der Waals surface area contributed by atoms with Gasteiger partial charge in [0, 0.05) is 31.5 Å². The van der Waals surface area contributed by atoms with Crippen LogP contribution in [0.15, 0.2) is 35.0 Å². The average Bonchev–Trinajstić information content (AvgIpc) is 2.79. The molecule has 2 rings (SSSR count). The van der Waals surface area contributed by atoms with Crippen LogP contribution in [0.1, 0.15) is 12.5 Å². The van der Waals surface area contributed by atoms with Gasteiger partial charge in [0.15, 0.2) is 0 Å². The average molecular weight is 336 g/mol. The van der Waals surface area contributed by atoms with Gasteiger partial charge in [-0.05, 0) is 42.5 Å². The van der Waals surface area contributed by atoms with Gasteiger partial charge < -0.3 is 9.64 Å². The lowest BCUT2D eigenvalue weighted by molar-refractivity contribution is -0.107. The molecule has 1 aliphatic heterocycles. The Hall–Kier alpha value is -1.73. The van der Waals surface area contributed by atoms with Crippen LogP contribution in [-0.2, 0) is 9.53 Å². The maximum absolute atomic E-state index is 11.9. The van der Waals surface area contributed by atoms with E-state index in [4.69, 9.17) is 4.74 Å². The fourth-order valence-electron chi connectivity index (χ4n) is 1.68. The molecule has 22 heavy (non-hydrogen) atoms. The van der Waals surface area contributed by atoms with Crippen molar-refractivity contribution in [2.45, 2.75) is 6.92 Å². The highest BCUT2D eigenvalue weighted by molar-refractivity contribution is 8.49. The maximum atomic E-state index is 11.9. The van der Waals surface area contributed by atoms with Crippen LogP contribution in [0.3, 0.4) is 0 Å². The molecule has 116 valence electrons. The van der Waals surface area contributed by atoms with Gasteiger partial charge in [-0.1, -0.05) is 12.1 Å². The number of carbonyl (C=O) groups is 2. The summed E-state index contributed by atoms with van der Waals surface area (Å²) in [5.41, 5.74) is 2.31. The normalized spacial score (nSPS) is 15.9. The number of hydrogen-bond acceptors (Lipinski definition) is 7. The van der Waals surface area contributed by atoms with Gasteiger partial charge in [-0.2, -0.15) is 0 Å². The van der Waals surface area contributed by atoms with Gasteiger partial charge in [-0.25, -0.2) is 9.79 Å². The summed E-state index contributed by atoms with van der Waals surface area (Å²) in [6, 6.07) is 7.78. The molecule has 0 amide bonds. The highest BCUT2D eigenvalue weighted by Crippen LogP contribution is 2.31. The first-order valence-corrected chi connectivity index (χ1v) is 8.27. The molecule has 0 aromatic heterocycles. The van der Waals surface area contributed by atoms with E-state index in [1.165, 1.54) is 0 Å². The minimum Gasteiger partial charge on any atom is -0.458 e. The highest BCUT2D eigenvalue weighted by Gasteiger charge is 2.25. The van der Waals surface area contributed by atoms with Crippen molar-refractivity contribution < 1.29 is 14.3 Å². The van der Waals surface area contributed by atoms with E-state index < -0.39 is 5.30 Å². The number of rotatable bonds is 3. The number of anilines is 1. The Morgan fingerprint density at radius 3 is 2.64 bits per heavy atom. The summed E-state index contributed by atoms with van der Waals surface area (Å²) in [7, 11) is 3.93. The third-order valence-electron chi connectivity index (χ3n) is 2.75. The van der Waals surface area contributed by atoms with Gasteiger partial charge in [0.05, 0.1) is 6.61 Å². The Labute approximate surface area is 137 Å². The topological polar surface area (TPSA) is 59.0 Å². The Morgan fingerprint density at radius 2 is 2.05 bits per heavy atom. The Morgan fingerprint density at radius 1 is 1.36 bits per heavy atom. The van der Waals surface area contributed by atoms with E-state index in [1.54, 1.807) is 13.0 Å². The number of benzene rings is 1. The standard InChI is InChI=1S/C15H16N2O3S2/c1-4-20-15(19)22-14-16-12(13(18)21-14)9-10-5-7-11(8-6-10)17(2)3/h5-9H,4H2,1-3H3/b12-9-. The van der Waals surface area contributed by atoms with Gasteiger partial charge in [0.25, 0.3) is 0 Å². The van der Waals surface area contributed by atoms with Crippen molar-refractivity contribution in [2.24, 2.45) is 4.99 Å². The van der Waals surface area contributed by atoms with Gasteiger partial charge in [-0.15, -0.1) is 0 Å². The van der Waals surface area contributed by atoms with E-state index >= 15 is 0 Å². The summed E-state index contributed by atoms with van der Waals surface area (Å²) in [5, 5.41) is -0.610. The van der Waals surface area contributed by atoms with Gasteiger partial charge >= 0.3 is 5.30 Å². The monoisotopic (exact) mass is 336 g/mol. The minimum absolute atomic E-state index is 0.163. The molecule has 0 spiro atoms.